The number of piperidine rings is 1. The summed E-state index contributed by atoms with van der Waals surface area (Å²) in [5.41, 5.74) is 5.54. The molecular weight excluding hydrogens is 356 g/mol. The number of aromatic nitrogens is 2. The monoisotopic (exact) mass is 380 g/mol. The second kappa shape index (κ2) is 9.67. The van der Waals surface area contributed by atoms with Crippen molar-refractivity contribution in [2.24, 2.45) is 5.73 Å². The fourth-order valence-electron chi connectivity index (χ4n) is 2.88. The van der Waals surface area contributed by atoms with Crippen LogP contribution in [-0.2, 0) is 25.6 Å². The summed E-state index contributed by atoms with van der Waals surface area (Å²) in [6.07, 6.45) is 3.67. The summed E-state index contributed by atoms with van der Waals surface area (Å²) in [5.74, 6) is -2.27. The molecular formula is C16H24N6O5. The number of imidazole rings is 1. The summed E-state index contributed by atoms with van der Waals surface area (Å²) < 4.78 is 0. The highest BCUT2D eigenvalue weighted by molar-refractivity contribution is 5.92. The number of amides is 4. The lowest BCUT2D eigenvalue weighted by Gasteiger charge is -2.35. The zero-order valence-corrected chi connectivity index (χ0v) is 14.8. The van der Waals surface area contributed by atoms with Crippen LogP contribution < -0.4 is 16.4 Å². The van der Waals surface area contributed by atoms with E-state index in [1.165, 1.54) is 17.4 Å². The number of H-pyrrole nitrogens is 1. The van der Waals surface area contributed by atoms with Crippen LogP contribution in [0.25, 0.3) is 0 Å². The minimum atomic E-state index is -1.29. The molecule has 4 amide bonds. The molecule has 0 unspecified atom stereocenters. The van der Waals surface area contributed by atoms with Crippen LogP contribution in [0.1, 0.15) is 25.0 Å². The number of aliphatic hydroxyl groups is 1. The minimum absolute atomic E-state index is 0.0686. The molecule has 1 aliphatic heterocycles. The van der Waals surface area contributed by atoms with E-state index in [0.29, 0.717) is 18.7 Å². The SMILES string of the molecule is NC(=O)CNC(=O)CNC(=O)[C@@H]1CCCCN1C(=O)[C@@H](O)Cc1cnc[nH]1. The lowest BCUT2D eigenvalue weighted by molar-refractivity contribution is -0.149. The average Bonchev–Trinajstić information content (AvgIpc) is 3.16. The van der Waals surface area contributed by atoms with E-state index in [1.807, 2.05) is 0 Å². The molecule has 0 spiro atoms. The van der Waals surface area contributed by atoms with Gasteiger partial charge in [-0.2, -0.15) is 0 Å². The number of aliphatic hydroxyl groups excluding tert-OH is 1. The summed E-state index contributed by atoms with van der Waals surface area (Å²) in [7, 11) is 0. The third-order valence-corrected chi connectivity index (χ3v) is 4.22. The van der Waals surface area contributed by atoms with Gasteiger partial charge >= 0.3 is 0 Å². The van der Waals surface area contributed by atoms with Gasteiger partial charge in [-0.3, -0.25) is 19.2 Å². The molecule has 11 heteroatoms. The van der Waals surface area contributed by atoms with Crippen molar-refractivity contribution in [2.75, 3.05) is 19.6 Å². The third kappa shape index (κ3) is 6.06. The van der Waals surface area contributed by atoms with Crippen LogP contribution >= 0.6 is 0 Å². The lowest BCUT2D eigenvalue weighted by Crippen LogP contribution is -2.55. The molecule has 27 heavy (non-hydrogen) atoms. The largest absolute Gasteiger partial charge is 0.383 e. The summed E-state index contributed by atoms with van der Waals surface area (Å²) in [5, 5.41) is 14.9. The molecule has 0 bridgehead atoms. The first-order valence-electron chi connectivity index (χ1n) is 8.67. The number of aromatic amines is 1. The maximum atomic E-state index is 12.6. The lowest BCUT2D eigenvalue weighted by atomic mass is 10.00. The highest BCUT2D eigenvalue weighted by Gasteiger charge is 2.35. The van der Waals surface area contributed by atoms with Crippen molar-refractivity contribution in [2.45, 2.75) is 37.8 Å². The Kier molecular flexibility index (Phi) is 7.29. The number of rotatable bonds is 8. The van der Waals surface area contributed by atoms with Gasteiger partial charge in [0.2, 0.25) is 17.7 Å². The second-order valence-corrected chi connectivity index (χ2v) is 6.30. The predicted molar refractivity (Wildman–Crippen MR) is 92.9 cm³/mol. The summed E-state index contributed by atoms with van der Waals surface area (Å²) in [6, 6.07) is -0.758. The van der Waals surface area contributed by atoms with E-state index in [9.17, 15) is 24.3 Å². The van der Waals surface area contributed by atoms with Gasteiger partial charge in [-0.15, -0.1) is 0 Å². The molecule has 1 saturated heterocycles. The summed E-state index contributed by atoms with van der Waals surface area (Å²) in [6.45, 7) is -0.297. The molecule has 1 fully saturated rings. The zero-order valence-electron chi connectivity index (χ0n) is 14.8. The zero-order chi connectivity index (χ0) is 19.8. The van der Waals surface area contributed by atoms with Crippen molar-refractivity contribution in [1.82, 2.24) is 25.5 Å². The van der Waals surface area contributed by atoms with Gasteiger partial charge in [0.05, 0.1) is 19.4 Å². The smallest absolute Gasteiger partial charge is 0.252 e. The Balaban J connectivity index is 1.90. The number of hydrogen-bond donors (Lipinski definition) is 5. The molecule has 0 saturated carbocycles. The fourth-order valence-corrected chi connectivity index (χ4v) is 2.88. The maximum absolute atomic E-state index is 12.6. The first kappa shape index (κ1) is 20.4. The van der Waals surface area contributed by atoms with Gasteiger partial charge in [-0.25, -0.2) is 4.98 Å². The van der Waals surface area contributed by atoms with Gasteiger partial charge < -0.3 is 31.4 Å². The highest BCUT2D eigenvalue weighted by Crippen LogP contribution is 2.19. The molecule has 1 aromatic heterocycles. The van der Waals surface area contributed by atoms with Crippen LogP contribution in [0.5, 0.6) is 0 Å². The van der Waals surface area contributed by atoms with E-state index >= 15 is 0 Å². The normalized spacial score (nSPS) is 17.8. The van der Waals surface area contributed by atoms with Crippen LogP contribution in [-0.4, -0.2) is 75.4 Å². The minimum Gasteiger partial charge on any atom is -0.383 e. The Morgan fingerprint density at radius 3 is 2.74 bits per heavy atom. The van der Waals surface area contributed by atoms with Gasteiger partial charge in [0.15, 0.2) is 0 Å². The number of primary amides is 1. The number of nitrogens with two attached hydrogens (primary N) is 1. The number of hydrogen-bond acceptors (Lipinski definition) is 6. The Morgan fingerprint density at radius 1 is 1.30 bits per heavy atom. The Hall–Kier alpha value is -2.95. The third-order valence-electron chi connectivity index (χ3n) is 4.22. The van der Waals surface area contributed by atoms with Crippen molar-refractivity contribution in [3.05, 3.63) is 18.2 Å². The maximum Gasteiger partial charge on any atom is 0.252 e. The molecule has 148 valence electrons. The van der Waals surface area contributed by atoms with Gasteiger partial charge in [0.1, 0.15) is 12.1 Å². The van der Waals surface area contributed by atoms with Crippen LogP contribution in [0, 0.1) is 0 Å². The standard InChI is InChI=1S/C16H24N6O5/c17-13(24)7-19-14(25)8-20-15(26)11-3-1-2-4-22(11)16(27)12(23)5-10-6-18-9-21-10/h6,9,11-12,23H,1-5,7-8H2,(H2,17,24)(H,18,21)(H,19,25)(H,20,26)/t11-,12-/m0/s1. The van der Waals surface area contributed by atoms with Crippen molar-refractivity contribution < 1.29 is 24.3 Å². The summed E-state index contributed by atoms with van der Waals surface area (Å²) >= 11 is 0. The molecule has 1 aliphatic rings. The molecule has 0 radical (unpaired) electrons. The predicted octanol–water partition coefficient (Wildman–Crippen LogP) is -2.59. The van der Waals surface area contributed by atoms with Crippen LogP contribution in [0.2, 0.25) is 0 Å². The van der Waals surface area contributed by atoms with Gasteiger partial charge in [-0.05, 0) is 19.3 Å². The van der Waals surface area contributed by atoms with Crippen molar-refractivity contribution >= 4 is 23.6 Å². The van der Waals surface area contributed by atoms with Gasteiger partial charge in [0, 0.05) is 24.9 Å². The second-order valence-electron chi connectivity index (χ2n) is 6.30. The molecule has 0 aliphatic carbocycles. The van der Waals surface area contributed by atoms with Crippen LogP contribution in [0.15, 0.2) is 12.5 Å². The van der Waals surface area contributed by atoms with Crippen LogP contribution in [0.3, 0.4) is 0 Å². The van der Waals surface area contributed by atoms with Crippen molar-refractivity contribution in [1.29, 1.82) is 0 Å². The quantitative estimate of drug-likeness (QED) is 0.331. The first-order chi connectivity index (χ1) is 12.9. The number of nitrogens with one attached hydrogen (secondary N) is 3. The van der Waals surface area contributed by atoms with Crippen molar-refractivity contribution in [3.63, 3.8) is 0 Å². The number of carbonyl (C=O) groups excluding carboxylic acids is 4. The number of likely N-dealkylation sites (tertiary alicyclic amines) is 1. The first-order valence-corrected chi connectivity index (χ1v) is 8.67. The molecule has 2 heterocycles. The highest BCUT2D eigenvalue weighted by atomic mass is 16.3. The van der Waals surface area contributed by atoms with Crippen molar-refractivity contribution in [3.8, 4) is 0 Å². The van der Waals surface area contributed by atoms with E-state index in [1.54, 1.807) is 0 Å². The van der Waals surface area contributed by atoms with E-state index in [2.05, 4.69) is 20.6 Å². The van der Waals surface area contributed by atoms with E-state index in [4.69, 9.17) is 5.73 Å². The Bertz CT molecular complexity index is 677. The summed E-state index contributed by atoms with van der Waals surface area (Å²) in [4.78, 5) is 55.2. The Morgan fingerprint density at radius 2 is 2.07 bits per heavy atom. The topological polar surface area (TPSA) is 171 Å². The van der Waals surface area contributed by atoms with E-state index < -0.39 is 35.8 Å². The molecule has 0 aromatic carbocycles. The molecule has 2 atom stereocenters. The Labute approximate surface area is 155 Å². The molecule has 1 aromatic rings. The fraction of sp³-hybridized carbons (Fsp3) is 0.562. The number of nitrogens with zero attached hydrogens (tertiary/aromatic N) is 2. The average molecular weight is 380 g/mol. The molecule has 2 rings (SSSR count). The van der Waals surface area contributed by atoms with E-state index in [-0.39, 0.29) is 19.5 Å². The van der Waals surface area contributed by atoms with Gasteiger partial charge in [0.25, 0.3) is 5.91 Å². The molecule has 11 nitrogen and oxygen atoms in total. The van der Waals surface area contributed by atoms with Gasteiger partial charge in [-0.1, -0.05) is 0 Å². The number of carbonyl (C=O) groups is 4. The molecule has 6 N–H and O–H groups in total. The van der Waals surface area contributed by atoms with Crippen LogP contribution in [0.4, 0.5) is 0 Å². The van der Waals surface area contributed by atoms with E-state index in [0.717, 1.165) is 12.8 Å².